The Hall–Kier alpha value is 1.58. The van der Waals surface area contributed by atoms with Crippen LogP contribution < -0.4 is 0 Å². The van der Waals surface area contributed by atoms with Crippen molar-refractivity contribution in [1.29, 1.82) is 0 Å². The van der Waals surface area contributed by atoms with Crippen LogP contribution in [0.5, 0.6) is 0 Å². The van der Waals surface area contributed by atoms with Crippen molar-refractivity contribution in [2.45, 2.75) is 0 Å². The second kappa shape index (κ2) is 23.5. The molecule has 4 heavy (non-hydrogen) atoms. The third-order valence-corrected chi connectivity index (χ3v) is 0. The van der Waals surface area contributed by atoms with Gasteiger partial charge in [-0.1, -0.05) is 0 Å². The molecule has 0 unspecified atom stereocenters. The summed E-state index contributed by atoms with van der Waals surface area (Å²) in [5, 5.41) is 0. The van der Waals surface area contributed by atoms with Gasteiger partial charge in [0.1, 0.15) is 0 Å². The fourth-order valence-electron chi connectivity index (χ4n) is 0. The molecule has 0 atom stereocenters. The van der Waals surface area contributed by atoms with E-state index in [2.05, 4.69) is 0 Å². The summed E-state index contributed by atoms with van der Waals surface area (Å²) in [6, 6.07) is 0. The Morgan fingerprint density at radius 2 is 1.25 bits per heavy atom. The third-order valence-electron chi connectivity index (χ3n) is 0. The fourth-order valence-corrected chi connectivity index (χ4v) is 0. The molecule has 0 bridgehead atoms. The van der Waals surface area contributed by atoms with E-state index in [0.29, 0.717) is 22.5 Å². The van der Waals surface area contributed by atoms with Crippen molar-refractivity contribution in [2.75, 3.05) is 0 Å². The minimum absolute atomic E-state index is 0. The Bertz CT molecular complexity index is 8.00. The molecule has 0 saturated heterocycles. The van der Waals surface area contributed by atoms with Gasteiger partial charge in [0.2, 0.25) is 0 Å². The van der Waals surface area contributed by atoms with Crippen molar-refractivity contribution >= 4 is 56.5 Å². The summed E-state index contributed by atoms with van der Waals surface area (Å²) in [7, 11) is 0. The van der Waals surface area contributed by atoms with Crippen molar-refractivity contribution in [1.82, 2.24) is 0 Å². The molecular weight excluding hydrogens is 187 g/mol. The molecule has 0 aromatic rings. The molecular formula is MgOSiSn. The van der Waals surface area contributed by atoms with E-state index in [0.717, 1.165) is 0 Å². The molecule has 0 aliphatic rings. The summed E-state index contributed by atoms with van der Waals surface area (Å²) in [4.78, 5) is 0. The van der Waals surface area contributed by atoms with Gasteiger partial charge in [-0.15, -0.1) is 0 Å². The van der Waals surface area contributed by atoms with Gasteiger partial charge < -0.3 is 0 Å². The van der Waals surface area contributed by atoms with E-state index < -0.39 is 0 Å². The minimum atomic E-state index is 0. The Morgan fingerprint density at radius 1 is 1.25 bits per heavy atom. The van der Waals surface area contributed by atoms with Gasteiger partial charge in [0.15, 0.2) is 0 Å². The van der Waals surface area contributed by atoms with E-state index in [1.807, 2.05) is 0 Å². The number of hydrogen-bond acceptors (Lipinski definition) is 1. The van der Waals surface area contributed by atoms with Crippen LogP contribution in [0.3, 0.4) is 0 Å². The van der Waals surface area contributed by atoms with E-state index in [-0.39, 0.29) is 34.0 Å². The molecule has 0 heterocycles. The average Bonchev–Trinajstić information content (AvgIpc) is 1.00. The van der Waals surface area contributed by atoms with Crippen LogP contribution in [-0.4, -0.2) is 56.5 Å². The van der Waals surface area contributed by atoms with Gasteiger partial charge in [-0.25, -0.2) is 0 Å². The van der Waals surface area contributed by atoms with Crippen molar-refractivity contribution < 1.29 is 3.08 Å². The first kappa shape index (κ1) is 17.6. The molecule has 0 amide bonds. The molecule has 0 aliphatic carbocycles. The maximum absolute atomic E-state index is 8.34. The molecule has 0 spiro atoms. The Morgan fingerprint density at radius 3 is 1.25 bits per heavy atom. The minimum Gasteiger partial charge on any atom is 0 e. The van der Waals surface area contributed by atoms with Gasteiger partial charge >= 0.3 is 25.6 Å². The van der Waals surface area contributed by atoms with Crippen molar-refractivity contribution in [3.05, 3.63) is 0 Å². The van der Waals surface area contributed by atoms with Crippen LogP contribution in [0.25, 0.3) is 0 Å². The molecule has 1 nitrogen and oxygen atoms in total. The molecule has 0 rings (SSSR count). The molecule has 0 N–H and O–H groups in total. The second-order valence-electron chi connectivity index (χ2n) is 0. The Balaban J connectivity index is -0.00000000500. The average molecular weight is 187 g/mol. The normalized spacial score (nSPS) is 1.00. The van der Waals surface area contributed by atoms with E-state index >= 15 is 0 Å². The van der Waals surface area contributed by atoms with E-state index in [1.54, 1.807) is 0 Å². The molecule has 0 saturated carbocycles. The first-order valence-electron chi connectivity index (χ1n) is 0.204. The maximum Gasteiger partial charge on any atom is 0 e. The van der Waals surface area contributed by atoms with Crippen LogP contribution in [0.2, 0.25) is 0 Å². The summed E-state index contributed by atoms with van der Waals surface area (Å²) < 4.78 is 8.34. The van der Waals surface area contributed by atoms with Crippen molar-refractivity contribution in [2.24, 2.45) is 0 Å². The first-order chi connectivity index (χ1) is 1.00. The zero-order chi connectivity index (χ0) is 2.00. The quantitative estimate of drug-likeness (QED) is 0.432. The van der Waals surface area contributed by atoms with E-state index in [9.17, 15) is 0 Å². The van der Waals surface area contributed by atoms with Crippen LogP contribution in [0.1, 0.15) is 0 Å². The molecule has 0 aliphatic heterocycles. The molecule has 0 fully saturated rings. The predicted molar refractivity (Wildman–Crippen MR) is 17.9 cm³/mol. The largest absolute Gasteiger partial charge is 0 e. The number of hydrogen-bond donors (Lipinski definition) is 0. The molecule has 0 aromatic heterocycles. The SMILES string of the molecule is [Mg].[O]=[Sn].[Si]. The topological polar surface area (TPSA) is 17.1 Å². The summed E-state index contributed by atoms with van der Waals surface area (Å²) in [6.07, 6.45) is 0. The summed E-state index contributed by atoms with van der Waals surface area (Å²) in [5.41, 5.74) is 0. The summed E-state index contributed by atoms with van der Waals surface area (Å²) in [5.74, 6) is 0. The van der Waals surface area contributed by atoms with Gasteiger partial charge in [0, 0.05) is 34.0 Å². The smallest absolute Gasteiger partial charge is 0 e. The molecule has 4 heteroatoms. The Labute approximate surface area is 59.2 Å². The standard InChI is InChI=1S/Mg.O.Si.Sn. The predicted octanol–water partition coefficient (Wildman–Crippen LogP) is -1.26. The molecule has 0 aromatic carbocycles. The molecule has 8 radical (unpaired) electrons. The summed E-state index contributed by atoms with van der Waals surface area (Å²) >= 11 is 0.300. The van der Waals surface area contributed by atoms with Crippen molar-refractivity contribution in [3.63, 3.8) is 0 Å². The third kappa shape index (κ3) is 9.54. The zero-order valence-electron chi connectivity index (χ0n) is 2.12. The van der Waals surface area contributed by atoms with Crippen LogP contribution in [0, 0.1) is 0 Å². The van der Waals surface area contributed by atoms with Crippen molar-refractivity contribution in [3.8, 4) is 0 Å². The van der Waals surface area contributed by atoms with Crippen LogP contribution in [-0.2, 0) is 3.08 Å². The fraction of sp³-hybridized carbons (Fsp3) is 0. The van der Waals surface area contributed by atoms with Crippen LogP contribution in [0.4, 0.5) is 0 Å². The van der Waals surface area contributed by atoms with Gasteiger partial charge in [-0.2, -0.15) is 0 Å². The second-order valence-corrected chi connectivity index (χ2v) is 0. The van der Waals surface area contributed by atoms with Gasteiger partial charge in [0.25, 0.3) is 0 Å². The van der Waals surface area contributed by atoms with Gasteiger partial charge in [-0.05, 0) is 0 Å². The first-order valence-corrected chi connectivity index (χ1v) is 1.37. The van der Waals surface area contributed by atoms with Gasteiger partial charge in [-0.3, -0.25) is 0 Å². The van der Waals surface area contributed by atoms with Crippen LogP contribution in [0.15, 0.2) is 0 Å². The monoisotopic (exact) mass is 188 g/mol. The van der Waals surface area contributed by atoms with E-state index in [1.165, 1.54) is 0 Å². The van der Waals surface area contributed by atoms with Crippen LogP contribution >= 0.6 is 0 Å². The van der Waals surface area contributed by atoms with E-state index in [4.69, 9.17) is 3.08 Å². The number of rotatable bonds is 0. The maximum atomic E-state index is 8.34. The van der Waals surface area contributed by atoms with Gasteiger partial charge in [0.05, 0.1) is 0 Å². The zero-order valence-corrected chi connectivity index (χ0v) is 7.38. The Kier molecular flexibility index (Phi) is 103. The summed E-state index contributed by atoms with van der Waals surface area (Å²) in [6.45, 7) is 0. The molecule has 16 valence electrons.